The van der Waals surface area contributed by atoms with E-state index in [1.807, 2.05) is 6.07 Å². The van der Waals surface area contributed by atoms with Gasteiger partial charge in [-0.05, 0) is 42.0 Å². The van der Waals surface area contributed by atoms with E-state index in [2.05, 4.69) is 5.32 Å². The summed E-state index contributed by atoms with van der Waals surface area (Å²) in [6.07, 6.45) is 0. The van der Waals surface area contributed by atoms with Gasteiger partial charge in [0.2, 0.25) is 0 Å². The maximum Gasteiger partial charge on any atom is 0.344 e. The van der Waals surface area contributed by atoms with Crippen LogP contribution in [0.1, 0.15) is 11.1 Å². The van der Waals surface area contributed by atoms with Gasteiger partial charge in [-0.1, -0.05) is 29.3 Å². The monoisotopic (exact) mass is 392 g/mol. The van der Waals surface area contributed by atoms with Crippen LogP contribution < -0.4 is 10.1 Å². The lowest BCUT2D eigenvalue weighted by atomic mass is 10.2. The van der Waals surface area contributed by atoms with Crippen molar-refractivity contribution in [2.45, 2.75) is 6.54 Å². The largest absolute Gasteiger partial charge is 0.482 e. The fraction of sp³-hybridized carbons (Fsp3) is 0.167. The van der Waals surface area contributed by atoms with E-state index in [9.17, 15) is 9.59 Å². The Morgan fingerprint density at radius 3 is 2.46 bits per heavy atom. The third-order valence-electron chi connectivity index (χ3n) is 3.20. The highest BCUT2D eigenvalue weighted by molar-refractivity contribution is 6.35. The SMILES string of the molecule is N#Cc1ccc(OCC(=O)OCC(=O)NCc2ccc(Cl)cc2Cl)cc1. The van der Waals surface area contributed by atoms with Crippen LogP contribution in [-0.4, -0.2) is 25.1 Å². The van der Waals surface area contributed by atoms with Crippen LogP contribution in [0.3, 0.4) is 0 Å². The predicted molar refractivity (Wildman–Crippen MR) is 95.9 cm³/mol. The Kier molecular flexibility index (Phi) is 7.27. The van der Waals surface area contributed by atoms with Crippen molar-refractivity contribution in [3.8, 4) is 11.8 Å². The van der Waals surface area contributed by atoms with Gasteiger partial charge >= 0.3 is 5.97 Å². The van der Waals surface area contributed by atoms with Gasteiger partial charge in [-0.3, -0.25) is 4.79 Å². The molecule has 6 nitrogen and oxygen atoms in total. The zero-order chi connectivity index (χ0) is 18.9. The molecule has 1 N–H and O–H groups in total. The molecule has 8 heteroatoms. The van der Waals surface area contributed by atoms with Gasteiger partial charge in [-0.25, -0.2) is 4.79 Å². The predicted octanol–water partition coefficient (Wildman–Crippen LogP) is 3.10. The maximum absolute atomic E-state index is 11.7. The fourth-order valence-corrected chi connectivity index (χ4v) is 2.34. The normalized spacial score (nSPS) is 9.88. The van der Waals surface area contributed by atoms with E-state index in [0.717, 1.165) is 0 Å². The maximum atomic E-state index is 11.7. The van der Waals surface area contributed by atoms with Gasteiger partial charge in [0.15, 0.2) is 13.2 Å². The summed E-state index contributed by atoms with van der Waals surface area (Å²) in [5, 5.41) is 12.2. The average molecular weight is 393 g/mol. The summed E-state index contributed by atoms with van der Waals surface area (Å²) in [4.78, 5) is 23.3. The van der Waals surface area contributed by atoms with Crippen molar-refractivity contribution in [1.82, 2.24) is 5.32 Å². The molecular weight excluding hydrogens is 379 g/mol. The van der Waals surface area contributed by atoms with Crippen molar-refractivity contribution >= 4 is 35.1 Å². The van der Waals surface area contributed by atoms with Crippen LogP contribution >= 0.6 is 23.2 Å². The second kappa shape index (κ2) is 9.66. The number of amides is 1. The molecule has 0 atom stereocenters. The molecule has 2 aromatic rings. The summed E-state index contributed by atoms with van der Waals surface area (Å²) in [6, 6.07) is 13.2. The summed E-state index contributed by atoms with van der Waals surface area (Å²) >= 11 is 11.8. The van der Waals surface area contributed by atoms with Crippen molar-refractivity contribution in [2.75, 3.05) is 13.2 Å². The molecule has 0 heterocycles. The Morgan fingerprint density at radius 2 is 1.81 bits per heavy atom. The number of halogens is 2. The first-order chi connectivity index (χ1) is 12.5. The quantitative estimate of drug-likeness (QED) is 0.731. The third-order valence-corrected chi connectivity index (χ3v) is 3.78. The van der Waals surface area contributed by atoms with Gasteiger partial charge in [0.25, 0.3) is 5.91 Å². The molecule has 0 aliphatic heterocycles. The van der Waals surface area contributed by atoms with Crippen molar-refractivity contribution < 1.29 is 19.1 Å². The second-order valence-corrected chi connectivity index (χ2v) is 5.94. The topological polar surface area (TPSA) is 88.4 Å². The smallest absolute Gasteiger partial charge is 0.344 e. The van der Waals surface area contributed by atoms with E-state index >= 15 is 0 Å². The standard InChI is InChI=1S/C18H14Cl2N2O4/c19-14-4-3-13(16(20)7-14)9-22-17(23)10-26-18(24)11-25-15-5-1-12(8-21)2-6-15/h1-7H,9-11H2,(H,22,23). The average Bonchev–Trinajstić information content (AvgIpc) is 2.64. The molecule has 0 saturated heterocycles. The van der Waals surface area contributed by atoms with Crippen molar-refractivity contribution in [3.05, 3.63) is 63.6 Å². The highest BCUT2D eigenvalue weighted by atomic mass is 35.5. The first-order valence-electron chi connectivity index (χ1n) is 7.47. The fourth-order valence-electron chi connectivity index (χ4n) is 1.87. The van der Waals surface area contributed by atoms with E-state index in [4.69, 9.17) is 37.9 Å². The number of hydrogen-bond donors (Lipinski definition) is 1. The molecule has 2 rings (SSSR count). The summed E-state index contributed by atoms with van der Waals surface area (Å²) in [5.74, 6) is -0.737. The lowest BCUT2D eigenvalue weighted by molar-refractivity contribution is -0.150. The molecule has 0 fully saturated rings. The molecule has 0 saturated carbocycles. The number of nitrogens with zero attached hydrogens (tertiary/aromatic N) is 1. The summed E-state index contributed by atoms with van der Waals surface area (Å²) in [7, 11) is 0. The number of nitrogens with one attached hydrogen (secondary N) is 1. The number of esters is 1. The number of hydrogen-bond acceptors (Lipinski definition) is 5. The highest BCUT2D eigenvalue weighted by Crippen LogP contribution is 2.20. The first-order valence-corrected chi connectivity index (χ1v) is 8.22. The summed E-state index contributed by atoms with van der Waals surface area (Å²) in [6.45, 7) is -0.586. The molecule has 0 bridgehead atoms. The first kappa shape index (κ1) is 19.6. The molecule has 0 aliphatic carbocycles. The van der Waals surface area contributed by atoms with Crippen LogP contribution in [0.2, 0.25) is 10.0 Å². The van der Waals surface area contributed by atoms with Gasteiger partial charge < -0.3 is 14.8 Å². The number of rotatable bonds is 7. The molecule has 26 heavy (non-hydrogen) atoms. The van der Waals surface area contributed by atoms with Crippen LogP contribution in [0.4, 0.5) is 0 Å². The van der Waals surface area contributed by atoms with E-state index in [-0.39, 0.29) is 13.2 Å². The van der Waals surface area contributed by atoms with Crippen LogP contribution in [0.25, 0.3) is 0 Å². The molecule has 0 aromatic heterocycles. The van der Waals surface area contributed by atoms with E-state index in [0.29, 0.717) is 26.9 Å². The number of nitriles is 1. The summed E-state index contributed by atoms with van der Waals surface area (Å²) < 4.78 is 10.0. The second-order valence-electron chi connectivity index (χ2n) is 5.10. The lowest BCUT2D eigenvalue weighted by Gasteiger charge is -2.09. The van der Waals surface area contributed by atoms with Gasteiger partial charge in [-0.15, -0.1) is 0 Å². The molecule has 0 spiro atoms. The van der Waals surface area contributed by atoms with E-state index in [1.54, 1.807) is 42.5 Å². The van der Waals surface area contributed by atoms with Crippen molar-refractivity contribution in [2.24, 2.45) is 0 Å². The van der Waals surface area contributed by atoms with Crippen LogP contribution in [0, 0.1) is 11.3 Å². The van der Waals surface area contributed by atoms with Crippen molar-refractivity contribution in [3.63, 3.8) is 0 Å². The Balaban J connectivity index is 1.69. The van der Waals surface area contributed by atoms with Gasteiger partial charge in [0.1, 0.15) is 5.75 Å². The van der Waals surface area contributed by atoms with Gasteiger partial charge in [0.05, 0.1) is 11.6 Å². The lowest BCUT2D eigenvalue weighted by Crippen LogP contribution is -2.29. The molecule has 0 aliphatic rings. The molecule has 0 unspecified atom stereocenters. The van der Waals surface area contributed by atoms with E-state index < -0.39 is 18.5 Å². The Bertz CT molecular complexity index is 832. The summed E-state index contributed by atoms with van der Waals surface area (Å²) in [5.41, 5.74) is 1.18. The molecule has 134 valence electrons. The number of carbonyl (C=O) groups excluding carboxylic acids is 2. The van der Waals surface area contributed by atoms with Crippen molar-refractivity contribution in [1.29, 1.82) is 5.26 Å². The van der Waals surface area contributed by atoms with Crippen LogP contribution in [-0.2, 0) is 20.9 Å². The third kappa shape index (κ3) is 6.28. The minimum atomic E-state index is -0.686. The molecule has 2 aromatic carbocycles. The number of benzene rings is 2. The van der Waals surface area contributed by atoms with E-state index in [1.165, 1.54) is 0 Å². The molecule has 0 radical (unpaired) electrons. The zero-order valence-corrected chi connectivity index (χ0v) is 15.0. The molecule has 1 amide bonds. The Hall–Kier alpha value is -2.75. The Labute approximate surface area is 160 Å². The van der Waals surface area contributed by atoms with Gasteiger partial charge in [-0.2, -0.15) is 5.26 Å². The number of ether oxygens (including phenoxy) is 2. The van der Waals surface area contributed by atoms with Crippen LogP contribution in [0.5, 0.6) is 5.75 Å². The zero-order valence-electron chi connectivity index (χ0n) is 13.5. The van der Waals surface area contributed by atoms with Gasteiger partial charge in [0, 0.05) is 16.6 Å². The highest BCUT2D eigenvalue weighted by Gasteiger charge is 2.09. The minimum Gasteiger partial charge on any atom is -0.482 e. The Morgan fingerprint density at radius 1 is 1.08 bits per heavy atom. The molecular formula is C18H14Cl2N2O4. The van der Waals surface area contributed by atoms with Crippen LogP contribution in [0.15, 0.2) is 42.5 Å². The minimum absolute atomic E-state index is 0.189. The number of carbonyl (C=O) groups is 2.